The SMILES string of the molecule is CC(C)(C)NCc1ccccc1[SiH](c1ccccc1)c1ccccc1. The molecule has 3 rings (SSSR count). The van der Waals surface area contributed by atoms with Gasteiger partial charge in [0.15, 0.2) is 0 Å². The van der Waals surface area contributed by atoms with E-state index in [2.05, 4.69) is 111 Å². The van der Waals surface area contributed by atoms with Gasteiger partial charge < -0.3 is 5.32 Å². The summed E-state index contributed by atoms with van der Waals surface area (Å²) in [6.45, 7) is 7.57. The molecule has 0 saturated carbocycles. The molecule has 25 heavy (non-hydrogen) atoms. The second-order valence-electron chi connectivity index (χ2n) is 7.56. The molecule has 0 atom stereocenters. The van der Waals surface area contributed by atoms with E-state index in [1.165, 1.54) is 21.1 Å². The highest BCUT2D eigenvalue weighted by atomic mass is 28.3. The van der Waals surface area contributed by atoms with Crippen LogP contribution in [0.2, 0.25) is 0 Å². The molecule has 128 valence electrons. The monoisotopic (exact) mass is 345 g/mol. The molecule has 0 bridgehead atoms. The Bertz CT molecular complexity index is 752. The first-order chi connectivity index (χ1) is 12.0. The fourth-order valence-electron chi connectivity index (χ4n) is 3.18. The van der Waals surface area contributed by atoms with Crippen molar-refractivity contribution in [3.63, 3.8) is 0 Å². The summed E-state index contributed by atoms with van der Waals surface area (Å²) in [7, 11) is -1.47. The Balaban J connectivity index is 2.06. The van der Waals surface area contributed by atoms with Gasteiger partial charge in [-0.05, 0) is 31.5 Å². The predicted molar refractivity (Wildman–Crippen MR) is 112 cm³/mol. The summed E-state index contributed by atoms with van der Waals surface area (Å²) < 4.78 is 0. The Labute approximate surface area is 153 Å². The van der Waals surface area contributed by atoms with E-state index in [4.69, 9.17) is 0 Å². The third-order valence-corrected chi connectivity index (χ3v) is 7.73. The molecule has 0 aromatic heterocycles. The van der Waals surface area contributed by atoms with Gasteiger partial charge in [0.25, 0.3) is 0 Å². The average molecular weight is 346 g/mol. The van der Waals surface area contributed by atoms with Crippen molar-refractivity contribution in [2.45, 2.75) is 32.9 Å². The summed E-state index contributed by atoms with van der Waals surface area (Å²) >= 11 is 0. The lowest BCUT2D eigenvalue weighted by atomic mass is 10.1. The fourth-order valence-corrected chi connectivity index (χ4v) is 6.37. The van der Waals surface area contributed by atoms with Gasteiger partial charge in [0.2, 0.25) is 0 Å². The Morgan fingerprint density at radius 2 is 1.16 bits per heavy atom. The molecule has 0 saturated heterocycles. The van der Waals surface area contributed by atoms with Crippen LogP contribution in [0.4, 0.5) is 0 Å². The second kappa shape index (κ2) is 7.81. The van der Waals surface area contributed by atoms with Gasteiger partial charge in [-0.15, -0.1) is 0 Å². The molecule has 0 unspecified atom stereocenters. The van der Waals surface area contributed by atoms with Crippen LogP contribution in [-0.2, 0) is 6.54 Å². The minimum absolute atomic E-state index is 0.115. The number of hydrogen-bond donors (Lipinski definition) is 1. The highest BCUT2D eigenvalue weighted by molar-refractivity contribution is 6.95. The minimum Gasteiger partial charge on any atom is -0.308 e. The molecule has 1 N–H and O–H groups in total. The van der Waals surface area contributed by atoms with E-state index >= 15 is 0 Å². The summed E-state index contributed by atoms with van der Waals surface area (Å²) in [6, 6.07) is 31.0. The van der Waals surface area contributed by atoms with Crippen molar-refractivity contribution < 1.29 is 0 Å². The Hall–Kier alpha value is -2.16. The first-order valence-corrected chi connectivity index (χ1v) is 10.7. The standard InChI is InChI=1S/C23H27NSi/c1-23(2,3)24-18-19-12-10-11-17-22(19)25(20-13-6-4-7-14-20)21-15-8-5-9-16-21/h4-17,24-25H,18H2,1-3H3. The van der Waals surface area contributed by atoms with Gasteiger partial charge in [0, 0.05) is 12.1 Å². The molecule has 2 heteroatoms. The fraction of sp³-hybridized carbons (Fsp3) is 0.217. The lowest BCUT2D eigenvalue weighted by molar-refractivity contribution is 0.425. The van der Waals surface area contributed by atoms with Crippen LogP contribution < -0.4 is 20.9 Å². The average Bonchev–Trinajstić information content (AvgIpc) is 2.62. The van der Waals surface area contributed by atoms with Gasteiger partial charge >= 0.3 is 0 Å². The Morgan fingerprint density at radius 3 is 1.68 bits per heavy atom. The third kappa shape index (κ3) is 4.68. The molecule has 0 spiro atoms. The van der Waals surface area contributed by atoms with Crippen molar-refractivity contribution in [3.8, 4) is 0 Å². The summed E-state index contributed by atoms with van der Waals surface area (Å²) in [5, 5.41) is 8.11. The van der Waals surface area contributed by atoms with Crippen LogP contribution in [0.3, 0.4) is 0 Å². The van der Waals surface area contributed by atoms with Crippen LogP contribution in [-0.4, -0.2) is 14.3 Å². The number of nitrogens with one attached hydrogen (secondary N) is 1. The smallest absolute Gasteiger partial charge is 0.133 e. The zero-order chi connectivity index (χ0) is 17.7. The van der Waals surface area contributed by atoms with E-state index in [9.17, 15) is 0 Å². The number of benzene rings is 3. The molecule has 3 aromatic carbocycles. The first kappa shape index (κ1) is 17.7. The Kier molecular flexibility index (Phi) is 5.52. The molecule has 0 aliphatic carbocycles. The van der Waals surface area contributed by atoms with Crippen LogP contribution in [0.25, 0.3) is 0 Å². The van der Waals surface area contributed by atoms with E-state index in [0.717, 1.165) is 6.54 Å². The zero-order valence-electron chi connectivity index (χ0n) is 15.4. The normalized spacial score (nSPS) is 11.7. The molecule has 0 fully saturated rings. The summed E-state index contributed by atoms with van der Waals surface area (Å²) in [6.07, 6.45) is 0. The highest BCUT2D eigenvalue weighted by Gasteiger charge is 2.21. The van der Waals surface area contributed by atoms with Crippen molar-refractivity contribution in [1.29, 1.82) is 0 Å². The molecular weight excluding hydrogens is 318 g/mol. The summed E-state index contributed by atoms with van der Waals surface area (Å²) in [5.74, 6) is 0. The van der Waals surface area contributed by atoms with Crippen molar-refractivity contribution >= 4 is 24.4 Å². The van der Waals surface area contributed by atoms with E-state index in [-0.39, 0.29) is 5.54 Å². The largest absolute Gasteiger partial charge is 0.308 e. The lowest BCUT2D eigenvalue weighted by Gasteiger charge is -2.24. The number of hydrogen-bond acceptors (Lipinski definition) is 1. The van der Waals surface area contributed by atoms with E-state index in [0.29, 0.717) is 0 Å². The van der Waals surface area contributed by atoms with Crippen molar-refractivity contribution in [3.05, 3.63) is 90.5 Å². The first-order valence-electron chi connectivity index (χ1n) is 8.97. The third-order valence-electron chi connectivity index (χ3n) is 4.44. The van der Waals surface area contributed by atoms with Gasteiger partial charge in [-0.25, -0.2) is 0 Å². The van der Waals surface area contributed by atoms with Gasteiger partial charge in [-0.2, -0.15) is 0 Å². The van der Waals surface area contributed by atoms with E-state index in [1.54, 1.807) is 0 Å². The lowest BCUT2D eigenvalue weighted by Crippen LogP contribution is -2.53. The second-order valence-corrected chi connectivity index (χ2v) is 10.4. The molecule has 1 nitrogen and oxygen atoms in total. The zero-order valence-corrected chi connectivity index (χ0v) is 16.5. The molecule has 3 aromatic rings. The molecule has 0 aliphatic rings. The van der Waals surface area contributed by atoms with E-state index < -0.39 is 8.80 Å². The van der Waals surface area contributed by atoms with Crippen LogP contribution in [0, 0.1) is 0 Å². The highest BCUT2D eigenvalue weighted by Crippen LogP contribution is 2.05. The maximum atomic E-state index is 3.66. The summed E-state index contributed by atoms with van der Waals surface area (Å²) in [5.41, 5.74) is 1.53. The molecule has 0 aliphatic heterocycles. The minimum atomic E-state index is -1.47. The van der Waals surface area contributed by atoms with Crippen LogP contribution in [0.1, 0.15) is 26.3 Å². The molecule has 0 radical (unpaired) electrons. The topological polar surface area (TPSA) is 12.0 Å². The quantitative estimate of drug-likeness (QED) is 0.554. The van der Waals surface area contributed by atoms with Crippen molar-refractivity contribution in [2.24, 2.45) is 0 Å². The van der Waals surface area contributed by atoms with Crippen LogP contribution in [0.5, 0.6) is 0 Å². The molecule has 0 heterocycles. The maximum absolute atomic E-state index is 3.66. The number of rotatable bonds is 5. The molecular formula is C23H27NSi. The molecule has 0 amide bonds. The van der Waals surface area contributed by atoms with Crippen molar-refractivity contribution in [2.75, 3.05) is 0 Å². The maximum Gasteiger partial charge on any atom is 0.133 e. The Morgan fingerprint density at radius 1 is 0.680 bits per heavy atom. The van der Waals surface area contributed by atoms with Gasteiger partial charge in [0.05, 0.1) is 0 Å². The van der Waals surface area contributed by atoms with E-state index in [1.807, 2.05) is 0 Å². The van der Waals surface area contributed by atoms with Gasteiger partial charge in [0.1, 0.15) is 8.80 Å². The van der Waals surface area contributed by atoms with Crippen molar-refractivity contribution in [1.82, 2.24) is 5.32 Å². The van der Waals surface area contributed by atoms with Gasteiger partial charge in [-0.1, -0.05) is 95.3 Å². The van der Waals surface area contributed by atoms with Gasteiger partial charge in [-0.3, -0.25) is 0 Å². The van der Waals surface area contributed by atoms with Crippen LogP contribution >= 0.6 is 0 Å². The predicted octanol–water partition coefficient (Wildman–Crippen LogP) is 2.82. The van der Waals surface area contributed by atoms with Crippen LogP contribution in [0.15, 0.2) is 84.9 Å². The summed E-state index contributed by atoms with van der Waals surface area (Å²) in [4.78, 5) is 0.